The summed E-state index contributed by atoms with van der Waals surface area (Å²) in [5.41, 5.74) is 42.4. The van der Waals surface area contributed by atoms with E-state index in [0.717, 1.165) is 102 Å². The van der Waals surface area contributed by atoms with E-state index in [2.05, 4.69) is 547 Å². The minimum absolute atomic E-state index is 0.129. The van der Waals surface area contributed by atoms with E-state index in [4.69, 9.17) is 24.9 Å². The Labute approximate surface area is 870 Å². The smallest absolute Gasteiger partial charge is 0.161 e. The number of para-hydroxylation sites is 6. The van der Waals surface area contributed by atoms with E-state index < -0.39 is 0 Å². The molecule has 3 aliphatic rings. The number of hydrogen-bond acceptors (Lipinski definition) is 5. The molecule has 21 aromatic carbocycles. The number of aromatic nitrogens is 8. The molecule has 708 valence electrons. The minimum Gasteiger partial charge on any atom is -0.309 e. The molecule has 27 aromatic rings. The van der Waals surface area contributed by atoms with Gasteiger partial charge in [-0.05, 0) is 225 Å². The van der Waals surface area contributed by atoms with E-state index in [1.165, 1.54) is 176 Å². The van der Waals surface area contributed by atoms with Crippen molar-refractivity contribution in [1.29, 1.82) is 0 Å². The molecule has 6 heterocycles. The lowest BCUT2D eigenvalue weighted by atomic mass is 9.79. The monoisotopic (exact) mass is 1920 g/mol. The van der Waals surface area contributed by atoms with Gasteiger partial charge in [-0.15, -0.1) is 0 Å². The average Bonchev–Trinajstić information content (AvgIpc) is 1.55. The van der Waals surface area contributed by atoms with Crippen LogP contribution in [-0.4, -0.2) is 38.6 Å². The quantitative estimate of drug-likeness (QED) is 0.122. The van der Waals surface area contributed by atoms with Gasteiger partial charge >= 0.3 is 0 Å². The van der Waals surface area contributed by atoms with Crippen molar-refractivity contribution in [2.75, 3.05) is 0 Å². The summed E-state index contributed by atoms with van der Waals surface area (Å²) in [6.45, 7) is 14.2. The van der Waals surface area contributed by atoms with E-state index >= 15 is 0 Å². The molecule has 0 aliphatic heterocycles. The molecule has 0 fully saturated rings. The largest absolute Gasteiger partial charge is 0.309 e. The predicted octanol–water partition coefficient (Wildman–Crippen LogP) is 36.7. The molecule has 0 amide bonds. The van der Waals surface area contributed by atoms with Crippen molar-refractivity contribution < 1.29 is 0 Å². The van der Waals surface area contributed by atoms with Crippen LogP contribution in [0.2, 0.25) is 0 Å². The second kappa shape index (κ2) is 35.2. The standard InChI is InChI=1S/C48H34N2.2C47H33N3/c1-48(2)41-24-11-8-23-39(41)46-40(28-32-17-6-7-20-36(32)47(46)48)34-29-42(31-15-4-3-5-16-31)49-43(30-34)33-18-14-19-35(27-33)50-44-25-12-9-21-37(44)38-22-10-13-26-45(38)50;1-47(2)39-24-11-8-23-37(39)44-38(28-31-17-6-7-20-34(31)45(44)47)41-29-40(48-46(49-41)30-15-4-3-5-16-30)32-18-14-19-33(27-32)50-42-25-12-9-21-35(42)36-22-10-13-26-43(36)50;1-47(2)39-24-11-8-23-37(39)44-38(28-31-17-6-7-20-34(31)45(44)47)46-48-40(30-15-4-3-5-16-30)29-41(49-46)32-18-14-19-33(27-32)50-42-25-12-9-21-35(42)36-22-10-13-26-43(36)50/h3-30H,1-2H3;2*3-29H,1-2H3. The first-order valence-electron chi connectivity index (χ1n) is 51.9. The molecule has 0 N–H and O–H groups in total. The molecule has 0 bridgehead atoms. The van der Waals surface area contributed by atoms with E-state index in [1.807, 2.05) is 6.07 Å². The van der Waals surface area contributed by atoms with Crippen molar-refractivity contribution in [3.63, 3.8) is 0 Å². The van der Waals surface area contributed by atoms with Gasteiger partial charge in [-0.2, -0.15) is 0 Å². The lowest BCUT2D eigenvalue weighted by Crippen LogP contribution is -2.15. The average molecular weight is 1920 g/mol. The zero-order valence-corrected chi connectivity index (χ0v) is 83.9. The Morgan fingerprint density at radius 2 is 0.413 bits per heavy atom. The Balaban J connectivity index is 0.000000108. The van der Waals surface area contributed by atoms with Crippen LogP contribution < -0.4 is 0 Å². The molecule has 3 aliphatic carbocycles. The third-order valence-corrected chi connectivity index (χ3v) is 31.8. The molecule has 0 radical (unpaired) electrons. The van der Waals surface area contributed by atoms with Gasteiger partial charge in [-0.25, -0.2) is 24.9 Å². The van der Waals surface area contributed by atoms with E-state index in [1.54, 1.807) is 0 Å². The molecule has 0 saturated heterocycles. The van der Waals surface area contributed by atoms with Crippen LogP contribution in [0, 0.1) is 0 Å². The minimum atomic E-state index is -0.169. The van der Waals surface area contributed by atoms with Crippen molar-refractivity contribution >= 4 is 97.7 Å². The zero-order valence-electron chi connectivity index (χ0n) is 83.9. The van der Waals surface area contributed by atoms with Crippen molar-refractivity contribution in [1.82, 2.24) is 38.6 Å². The Morgan fingerprint density at radius 3 is 0.787 bits per heavy atom. The lowest BCUT2D eigenvalue weighted by Gasteiger charge is -2.24. The number of nitrogens with zero attached hydrogens (tertiary/aromatic N) is 8. The molecule has 0 spiro atoms. The maximum absolute atomic E-state index is 5.43. The van der Waals surface area contributed by atoms with Crippen molar-refractivity contribution in [3.8, 4) is 152 Å². The van der Waals surface area contributed by atoms with Crippen LogP contribution in [-0.2, 0) is 16.2 Å². The van der Waals surface area contributed by atoms with Crippen LogP contribution in [0.4, 0.5) is 0 Å². The fourth-order valence-electron chi connectivity index (χ4n) is 25.1. The van der Waals surface area contributed by atoms with E-state index in [9.17, 15) is 0 Å². The topological polar surface area (TPSA) is 79.2 Å². The maximum atomic E-state index is 5.43. The highest BCUT2D eigenvalue weighted by atomic mass is 15.0. The fourth-order valence-corrected chi connectivity index (χ4v) is 25.1. The Hall–Kier alpha value is -18.9. The zero-order chi connectivity index (χ0) is 100. The normalized spacial score (nSPS) is 13.2. The second-order valence-electron chi connectivity index (χ2n) is 41.6. The highest BCUT2D eigenvalue weighted by Crippen LogP contribution is 2.60. The van der Waals surface area contributed by atoms with Gasteiger partial charge in [0.15, 0.2) is 11.6 Å². The van der Waals surface area contributed by atoms with Crippen molar-refractivity contribution in [3.05, 3.63) is 531 Å². The van der Waals surface area contributed by atoms with Crippen LogP contribution in [0.5, 0.6) is 0 Å². The van der Waals surface area contributed by atoms with Crippen LogP contribution >= 0.6 is 0 Å². The number of fused-ring (bicyclic) bond motifs is 24. The Kier molecular flexibility index (Phi) is 20.9. The number of hydrogen-bond donors (Lipinski definition) is 0. The molecule has 8 nitrogen and oxygen atoms in total. The molecule has 0 unspecified atom stereocenters. The molecule has 150 heavy (non-hydrogen) atoms. The second-order valence-corrected chi connectivity index (χ2v) is 41.6. The van der Waals surface area contributed by atoms with Gasteiger partial charge in [-0.1, -0.05) is 424 Å². The summed E-state index contributed by atoms with van der Waals surface area (Å²) in [7, 11) is 0. The van der Waals surface area contributed by atoms with Gasteiger partial charge in [0.25, 0.3) is 0 Å². The first-order chi connectivity index (χ1) is 73.7. The summed E-state index contributed by atoms with van der Waals surface area (Å²) in [6, 6.07) is 179. The van der Waals surface area contributed by atoms with Gasteiger partial charge in [0.05, 0.1) is 67.3 Å². The highest BCUT2D eigenvalue weighted by molar-refractivity contribution is 6.14. The van der Waals surface area contributed by atoms with Gasteiger partial charge in [0.2, 0.25) is 0 Å². The molecule has 6 aromatic heterocycles. The van der Waals surface area contributed by atoms with Gasteiger partial charge in [0, 0.05) is 110 Å². The summed E-state index contributed by atoms with van der Waals surface area (Å²) in [5, 5.41) is 15.1. The first kappa shape index (κ1) is 88.8. The lowest BCUT2D eigenvalue weighted by molar-refractivity contribution is 0.666. The van der Waals surface area contributed by atoms with Gasteiger partial charge in [0.1, 0.15) is 0 Å². The maximum Gasteiger partial charge on any atom is 0.161 e. The summed E-state index contributed by atoms with van der Waals surface area (Å²) in [6.07, 6.45) is 0. The number of benzene rings is 21. The van der Waals surface area contributed by atoms with Crippen molar-refractivity contribution in [2.24, 2.45) is 0 Å². The molecule has 0 saturated carbocycles. The van der Waals surface area contributed by atoms with E-state index in [0.29, 0.717) is 5.82 Å². The highest BCUT2D eigenvalue weighted by Gasteiger charge is 2.43. The summed E-state index contributed by atoms with van der Waals surface area (Å²) in [4.78, 5) is 26.7. The third kappa shape index (κ3) is 14.4. The van der Waals surface area contributed by atoms with Gasteiger partial charge in [-0.3, -0.25) is 0 Å². The Morgan fingerprint density at radius 1 is 0.160 bits per heavy atom. The predicted molar refractivity (Wildman–Crippen MR) is 625 cm³/mol. The SMILES string of the molecule is CC1(C)c2ccccc2-c2c(-c3cc(-c4cccc(-n5c6ccccc6c6ccccc65)c4)nc(-c4ccccc4)n3)cc3ccccc3c21.CC1(C)c2ccccc2-c2c(-c3cc(-c4ccccc4)nc(-c4cccc(-n5c6ccccc6c6ccccc65)c4)c3)cc3ccccc3c21.CC1(C)c2ccccc2-c2c(-c3nc(-c4ccccc4)cc(-c4cccc(-n5c6ccccc6c6ccccc65)c4)n3)cc3ccccc3c21. The Bertz CT molecular complexity index is 9120. The molecule has 0 atom stereocenters. The number of rotatable bonds is 12. The molecule has 8 heteroatoms. The summed E-state index contributed by atoms with van der Waals surface area (Å²) >= 11 is 0. The van der Waals surface area contributed by atoms with Crippen LogP contribution in [0.1, 0.15) is 74.9 Å². The fraction of sp³-hybridized carbons (Fsp3) is 0.0634. The van der Waals surface area contributed by atoms with Crippen LogP contribution in [0.3, 0.4) is 0 Å². The van der Waals surface area contributed by atoms with E-state index in [-0.39, 0.29) is 16.2 Å². The van der Waals surface area contributed by atoms with Gasteiger partial charge < -0.3 is 13.7 Å². The summed E-state index contributed by atoms with van der Waals surface area (Å²) < 4.78 is 7.11. The van der Waals surface area contributed by atoms with Crippen LogP contribution in [0.15, 0.2) is 497 Å². The van der Waals surface area contributed by atoms with Crippen molar-refractivity contribution in [2.45, 2.75) is 57.8 Å². The van der Waals surface area contributed by atoms with Crippen LogP contribution in [0.25, 0.3) is 250 Å². The third-order valence-electron chi connectivity index (χ3n) is 31.8. The first-order valence-corrected chi connectivity index (χ1v) is 51.9. The molecular weight excluding hydrogens is 1820 g/mol. The number of pyridine rings is 1. The molecular formula is C142H100N8. The molecule has 30 rings (SSSR count). The summed E-state index contributed by atoms with van der Waals surface area (Å²) in [5.74, 6) is 1.45.